The van der Waals surface area contributed by atoms with Crippen LogP contribution in [0.5, 0.6) is 0 Å². The molecule has 11 heteroatoms. The van der Waals surface area contributed by atoms with Gasteiger partial charge in [-0.05, 0) is 19.6 Å². The number of hydrogen-bond acceptors (Lipinski definition) is 9. The summed E-state index contributed by atoms with van der Waals surface area (Å²) in [6, 6.07) is -1.22. The van der Waals surface area contributed by atoms with Crippen LogP contribution in [0.1, 0.15) is 30.6 Å². The topological polar surface area (TPSA) is 136 Å². The standard InChI is InChI=1S/C14H21N3O6S2/c1-4-23-13(20)9-8-15-14(24-3)17-11(9)16-10(12(18)19)6-7-25(21,22)5-2/h8,10H,4-7H2,1-3H3,(H,18,19)(H,15,16,17). The molecule has 0 bridgehead atoms. The maximum Gasteiger partial charge on any atom is 0.343 e. The molecule has 0 fully saturated rings. The van der Waals surface area contributed by atoms with Gasteiger partial charge in [-0.2, -0.15) is 0 Å². The molecule has 1 atom stereocenters. The lowest BCUT2D eigenvalue weighted by atomic mass is 10.2. The predicted molar refractivity (Wildman–Crippen MR) is 93.8 cm³/mol. The summed E-state index contributed by atoms with van der Waals surface area (Å²) in [5, 5.41) is 12.3. The van der Waals surface area contributed by atoms with E-state index in [-0.39, 0.29) is 35.9 Å². The Morgan fingerprint density at radius 2 is 2.08 bits per heavy atom. The zero-order valence-corrected chi connectivity index (χ0v) is 15.8. The van der Waals surface area contributed by atoms with Crippen LogP contribution in [0.15, 0.2) is 11.4 Å². The molecule has 0 aliphatic rings. The number of carbonyl (C=O) groups is 2. The van der Waals surface area contributed by atoms with Gasteiger partial charge in [0, 0.05) is 11.9 Å². The molecule has 25 heavy (non-hydrogen) atoms. The summed E-state index contributed by atoms with van der Waals surface area (Å²) in [4.78, 5) is 31.5. The molecule has 1 aromatic rings. The predicted octanol–water partition coefficient (Wildman–Crippen LogP) is 1.07. The van der Waals surface area contributed by atoms with Crippen molar-refractivity contribution in [3.05, 3.63) is 11.8 Å². The van der Waals surface area contributed by atoms with Crippen molar-refractivity contribution in [2.45, 2.75) is 31.5 Å². The maximum absolute atomic E-state index is 12.0. The van der Waals surface area contributed by atoms with Crippen molar-refractivity contribution in [3.8, 4) is 0 Å². The van der Waals surface area contributed by atoms with Crippen molar-refractivity contribution < 1.29 is 27.9 Å². The molecule has 0 aliphatic carbocycles. The summed E-state index contributed by atoms with van der Waals surface area (Å²) in [6.45, 7) is 3.27. The summed E-state index contributed by atoms with van der Waals surface area (Å²) in [6.07, 6.45) is 2.82. The highest BCUT2D eigenvalue weighted by molar-refractivity contribution is 7.98. The van der Waals surface area contributed by atoms with Crippen LogP contribution in [0.2, 0.25) is 0 Å². The number of thioether (sulfide) groups is 1. The van der Waals surface area contributed by atoms with E-state index in [0.717, 1.165) is 0 Å². The largest absolute Gasteiger partial charge is 0.480 e. The molecule has 1 rings (SSSR count). The molecule has 0 saturated heterocycles. The Kier molecular flexibility index (Phi) is 8.10. The first-order valence-corrected chi connectivity index (χ1v) is 10.6. The van der Waals surface area contributed by atoms with Gasteiger partial charge in [0.1, 0.15) is 27.3 Å². The average molecular weight is 391 g/mol. The van der Waals surface area contributed by atoms with Crippen LogP contribution >= 0.6 is 11.8 Å². The van der Waals surface area contributed by atoms with E-state index >= 15 is 0 Å². The molecule has 1 heterocycles. The van der Waals surface area contributed by atoms with Crippen LogP contribution < -0.4 is 5.32 Å². The summed E-state index contributed by atoms with van der Waals surface area (Å²) in [5.74, 6) is -2.30. The van der Waals surface area contributed by atoms with Crippen molar-refractivity contribution >= 4 is 39.4 Å². The van der Waals surface area contributed by atoms with Gasteiger partial charge in [0.05, 0.1) is 12.4 Å². The summed E-state index contributed by atoms with van der Waals surface area (Å²) in [7, 11) is -3.32. The minimum atomic E-state index is -3.32. The second kappa shape index (κ2) is 9.56. The second-order valence-electron chi connectivity index (χ2n) is 4.90. The van der Waals surface area contributed by atoms with Crippen LogP contribution in [0, 0.1) is 0 Å². The smallest absolute Gasteiger partial charge is 0.343 e. The van der Waals surface area contributed by atoms with Crippen molar-refractivity contribution in [2.24, 2.45) is 0 Å². The summed E-state index contributed by atoms with van der Waals surface area (Å²) in [5.41, 5.74) is -0.00995. The minimum absolute atomic E-state index is 0.000837. The molecular formula is C14H21N3O6S2. The molecule has 0 spiro atoms. The highest BCUT2D eigenvalue weighted by Crippen LogP contribution is 2.19. The zero-order chi connectivity index (χ0) is 19.0. The number of nitrogens with zero attached hydrogens (tertiary/aromatic N) is 2. The van der Waals surface area contributed by atoms with E-state index in [0.29, 0.717) is 5.16 Å². The van der Waals surface area contributed by atoms with Crippen molar-refractivity contribution in [1.82, 2.24) is 9.97 Å². The number of rotatable bonds is 10. The lowest BCUT2D eigenvalue weighted by Crippen LogP contribution is -2.33. The van der Waals surface area contributed by atoms with Gasteiger partial charge in [-0.3, -0.25) is 0 Å². The van der Waals surface area contributed by atoms with Gasteiger partial charge in [-0.15, -0.1) is 0 Å². The van der Waals surface area contributed by atoms with Gasteiger partial charge < -0.3 is 15.2 Å². The molecule has 140 valence electrons. The van der Waals surface area contributed by atoms with E-state index in [1.165, 1.54) is 24.9 Å². The molecule has 0 radical (unpaired) electrons. The third-order valence-electron chi connectivity index (χ3n) is 3.21. The lowest BCUT2D eigenvalue weighted by Gasteiger charge is -2.17. The molecule has 1 unspecified atom stereocenters. The van der Waals surface area contributed by atoms with E-state index in [1.54, 1.807) is 13.2 Å². The van der Waals surface area contributed by atoms with Gasteiger partial charge in [-0.25, -0.2) is 28.0 Å². The number of aromatic nitrogens is 2. The van der Waals surface area contributed by atoms with Crippen LogP contribution in [0.4, 0.5) is 5.82 Å². The molecule has 0 saturated carbocycles. The van der Waals surface area contributed by atoms with Crippen LogP contribution in [0.25, 0.3) is 0 Å². The average Bonchev–Trinajstić information content (AvgIpc) is 2.58. The number of carboxylic acids is 1. The first kappa shape index (κ1) is 21.2. The Balaban J connectivity index is 3.09. The Hall–Kier alpha value is -1.88. The molecular weight excluding hydrogens is 370 g/mol. The zero-order valence-electron chi connectivity index (χ0n) is 14.2. The summed E-state index contributed by atoms with van der Waals surface area (Å²) >= 11 is 1.22. The SMILES string of the molecule is CCOC(=O)c1cnc(SC)nc1NC(CCS(=O)(=O)CC)C(=O)O. The van der Waals surface area contributed by atoms with E-state index < -0.39 is 27.8 Å². The second-order valence-corrected chi connectivity index (χ2v) is 8.15. The fourth-order valence-electron chi connectivity index (χ4n) is 1.80. The van der Waals surface area contributed by atoms with Crippen molar-refractivity contribution in [1.29, 1.82) is 0 Å². The fourth-order valence-corrected chi connectivity index (χ4v) is 3.02. The highest BCUT2D eigenvalue weighted by Gasteiger charge is 2.24. The van der Waals surface area contributed by atoms with Gasteiger partial charge >= 0.3 is 11.9 Å². The number of aliphatic carboxylic acids is 1. The monoisotopic (exact) mass is 391 g/mol. The Bertz CT molecular complexity index is 723. The van der Waals surface area contributed by atoms with Crippen molar-refractivity contribution in [2.75, 3.05) is 29.7 Å². The number of esters is 1. The number of ether oxygens (including phenoxy) is 1. The summed E-state index contributed by atoms with van der Waals surface area (Å²) < 4.78 is 28.1. The van der Waals surface area contributed by atoms with E-state index in [9.17, 15) is 23.1 Å². The van der Waals surface area contributed by atoms with E-state index in [4.69, 9.17) is 4.74 Å². The molecule has 0 aromatic carbocycles. The van der Waals surface area contributed by atoms with Gasteiger partial charge in [-0.1, -0.05) is 18.7 Å². The van der Waals surface area contributed by atoms with E-state index in [1.807, 2.05) is 0 Å². The minimum Gasteiger partial charge on any atom is -0.480 e. The van der Waals surface area contributed by atoms with Crippen LogP contribution in [-0.4, -0.2) is 65.8 Å². The molecule has 9 nitrogen and oxygen atoms in total. The number of carbonyl (C=O) groups excluding carboxylic acids is 1. The molecule has 2 N–H and O–H groups in total. The molecule has 1 aromatic heterocycles. The Morgan fingerprint density at radius 3 is 2.60 bits per heavy atom. The molecule has 0 aliphatic heterocycles. The highest BCUT2D eigenvalue weighted by atomic mass is 32.2. The third kappa shape index (κ3) is 6.50. The molecule has 0 amide bonds. The van der Waals surface area contributed by atoms with Crippen LogP contribution in [0.3, 0.4) is 0 Å². The van der Waals surface area contributed by atoms with Gasteiger partial charge in [0.25, 0.3) is 0 Å². The van der Waals surface area contributed by atoms with E-state index in [2.05, 4.69) is 15.3 Å². The Morgan fingerprint density at radius 1 is 1.40 bits per heavy atom. The number of hydrogen-bond donors (Lipinski definition) is 2. The fraction of sp³-hybridized carbons (Fsp3) is 0.571. The van der Waals surface area contributed by atoms with Crippen LogP contribution in [-0.2, 0) is 19.4 Å². The normalized spacial score (nSPS) is 12.4. The van der Waals surface area contributed by atoms with Gasteiger partial charge in [0.2, 0.25) is 0 Å². The Labute approximate surface area is 150 Å². The number of anilines is 1. The number of sulfone groups is 1. The maximum atomic E-state index is 12.0. The lowest BCUT2D eigenvalue weighted by molar-refractivity contribution is -0.137. The van der Waals surface area contributed by atoms with Crippen molar-refractivity contribution in [3.63, 3.8) is 0 Å². The first-order chi connectivity index (χ1) is 11.7. The number of nitrogens with one attached hydrogen (secondary N) is 1. The number of carboxylic acid groups (broad SMARTS) is 1. The van der Waals surface area contributed by atoms with Gasteiger partial charge in [0.15, 0.2) is 5.16 Å². The first-order valence-electron chi connectivity index (χ1n) is 7.52. The quantitative estimate of drug-likeness (QED) is 0.338. The third-order valence-corrected chi connectivity index (χ3v) is 5.51.